The number of hydrogen-bond donors (Lipinski definition) is 2. The summed E-state index contributed by atoms with van der Waals surface area (Å²) in [7, 11) is 0. The minimum atomic E-state index is -0.695. The van der Waals surface area contributed by atoms with Crippen LogP contribution in [-0.4, -0.2) is 21.2 Å². The fourth-order valence-corrected chi connectivity index (χ4v) is 0.651. The predicted octanol–water partition coefficient (Wildman–Crippen LogP) is 0.0137. The van der Waals surface area contributed by atoms with Crippen molar-refractivity contribution in [3.63, 3.8) is 0 Å². The second-order valence-electron chi connectivity index (χ2n) is 2.18. The van der Waals surface area contributed by atoms with Gasteiger partial charge in [0, 0.05) is 0 Å². The zero-order chi connectivity index (χ0) is 8.97. The van der Waals surface area contributed by atoms with Gasteiger partial charge in [0.25, 0.3) is 0 Å². The Bertz CT molecular complexity index is 362. The molecule has 0 radical (unpaired) electrons. The summed E-state index contributed by atoms with van der Waals surface area (Å²) in [5, 5.41) is 17.3. The third-order valence-corrected chi connectivity index (χ3v) is 1.15. The van der Waals surface area contributed by atoms with Gasteiger partial charge in [-0.3, -0.25) is 0 Å². The molecule has 0 aliphatic heterocycles. The van der Waals surface area contributed by atoms with Crippen molar-refractivity contribution in [1.29, 1.82) is 5.26 Å². The van der Waals surface area contributed by atoms with Gasteiger partial charge in [-0.05, 0) is 12.8 Å². The Morgan fingerprint density at radius 1 is 1.75 bits per heavy atom. The van der Waals surface area contributed by atoms with Crippen molar-refractivity contribution in [2.45, 2.75) is 13.0 Å². The topological polar surface area (TPSA) is 72.7 Å². The van der Waals surface area contributed by atoms with E-state index in [0.717, 1.165) is 0 Å². The van der Waals surface area contributed by atoms with Crippen LogP contribution in [0.3, 0.4) is 0 Å². The van der Waals surface area contributed by atoms with Crippen LogP contribution in [0.15, 0.2) is 6.33 Å². The van der Waals surface area contributed by atoms with Gasteiger partial charge in [0.05, 0.1) is 6.33 Å². The highest BCUT2D eigenvalue weighted by molar-refractivity contribution is 5.38. The average Bonchev–Trinajstić information content (AvgIpc) is 2.47. The van der Waals surface area contributed by atoms with Crippen molar-refractivity contribution >= 4 is 0 Å². The van der Waals surface area contributed by atoms with E-state index in [-0.39, 0.29) is 5.69 Å². The normalized spacial score (nSPS) is 11.1. The van der Waals surface area contributed by atoms with Crippen LogP contribution in [0.1, 0.15) is 18.3 Å². The molecule has 1 heterocycles. The Labute approximate surface area is 69.9 Å². The Kier molecular flexibility index (Phi) is 2.47. The summed E-state index contributed by atoms with van der Waals surface area (Å²) < 4.78 is 0. The zero-order valence-electron chi connectivity index (χ0n) is 6.50. The smallest absolute Gasteiger partial charge is 0.174 e. The molecule has 0 fully saturated rings. The van der Waals surface area contributed by atoms with Crippen LogP contribution in [0.4, 0.5) is 0 Å². The van der Waals surface area contributed by atoms with E-state index in [1.807, 2.05) is 6.07 Å². The van der Waals surface area contributed by atoms with Crippen molar-refractivity contribution in [2.75, 3.05) is 0 Å². The number of H-pyrrole nitrogens is 1. The Morgan fingerprint density at radius 3 is 3.08 bits per heavy atom. The fraction of sp³-hybridized carbons (Fsp3) is 0.250. The van der Waals surface area contributed by atoms with Gasteiger partial charge in [0.15, 0.2) is 5.69 Å². The molecule has 12 heavy (non-hydrogen) atoms. The monoisotopic (exact) mass is 161 g/mol. The van der Waals surface area contributed by atoms with Gasteiger partial charge in [-0.25, -0.2) is 4.98 Å². The number of nitriles is 1. The molecule has 4 heteroatoms. The molecule has 1 unspecified atom stereocenters. The Hall–Kier alpha value is -1.78. The van der Waals surface area contributed by atoms with Crippen LogP contribution in [0.5, 0.6) is 0 Å². The maximum absolute atomic E-state index is 8.82. The highest BCUT2D eigenvalue weighted by atomic mass is 16.3. The van der Waals surface area contributed by atoms with E-state index in [2.05, 4.69) is 21.8 Å². The summed E-state index contributed by atoms with van der Waals surface area (Å²) in [6.45, 7) is 1.55. The van der Waals surface area contributed by atoms with Gasteiger partial charge in [-0.1, -0.05) is 5.92 Å². The molecule has 1 rings (SSSR count). The maximum atomic E-state index is 8.82. The summed E-state index contributed by atoms with van der Waals surface area (Å²) in [5.74, 6) is 5.11. The molecule has 1 atom stereocenters. The standard InChI is InChI=1S/C8H7N3O/c1-6(12)2-3-7-8(4-9)11-5-10-7/h5-6,12H,1H3,(H,10,11). The van der Waals surface area contributed by atoms with E-state index >= 15 is 0 Å². The number of aliphatic hydroxyl groups excluding tert-OH is 1. The summed E-state index contributed by atoms with van der Waals surface area (Å²) >= 11 is 0. The molecule has 0 saturated carbocycles. The van der Waals surface area contributed by atoms with Crippen LogP contribution in [0.25, 0.3) is 0 Å². The molecule has 0 aromatic carbocycles. The minimum absolute atomic E-state index is 0.253. The number of aromatic nitrogens is 2. The van der Waals surface area contributed by atoms with Crippen molar-refractivity contribution in [3.05, 3.63) is 17.7 Å². The predicted molar refractivity (Wildman–Crippen MR) is 41.9 cm³/mol. The molecule has 0 saturated heterocycles. The lowest BCUT2D eigenvalue weighted by Crippen LogP contribution is -1.93. The molecular formula is C8H7N3O. The number of hydrogen-bond acceptors (Lipinski definition) is 3. The van der Waals surface area contributed by atoms with Crippen LogP contribution in [-0.2, 0) is 0 Å². The second-order valence-corrected chi connectivity index (χ2v) is 2.18. The Balaban J connectivity index is 2.93. The average molecular weight is 161 g/mol. The molecule has 4 nitrogen and oxygen atoms in total. The van der Waals surface area contributed by atoms with Crippen LogP contribution in [0.2, 0.25) is 0 Å². The largest absolute Gasteiger partial charge is 0.381 e. The summed E-state index contributed by atoms with van der Waals surface area (Å²) in [5.41, 5.74) is 0.696. The molecule has 1 aromatic rings. The van der Waals surface area contributed by atoms with Gasteiger partial charge in [-0.2, -0.15) is 5.26 Å². The van der Waals surface area contributed by atoms with Crippen LogP contribution in [0, 0.1) is 23.2 Å². The fourth-order valence-electron chi connectivity index (χ4n) is 0.651. The first-order valence-corrected chi connectivity index (χ1v) is 3.37. The summed E-state index contributed by atoms with van der Waals surface area (Å²) in [4.78, 5) is 6.41. The van der Waals surface area contributed by atoms with Crippen LogP contribution >= 0.6 is 0 Å². The number of nitrogens with one attached hydrogen (secondary N) is 1. The van der Waals surface area contributed by atoms with E-state index < -0.39 is 6.10 Å². The number of aliphatic hydroxyl groups is 1. The maximum Gasteiger partial charge on any atom is 0.174 e. The highest BCUT2D eigenvalue weighted by Crippen LogP contribution is 1.97. The van der Waals surface area contributed by atoms with Gasteiger partial charge >= 0.3 is 0 Å². The lowest BCUT2D eigenvalue weighted by Gasteiger charge is -1.86. The molecule has 60 valence electrons. The lowest BCUT2D eigenvalue weighted by molar-refractivity contribution is 0.253. The number of aromatic amines is 1. The van der Waals surface area contributed by atoms with Gasteiger partial charge in [-0.15, -0.1) is 0 Å². The van der Waals surface area contributed by atoms with E-state index in [9.17, 15) is 0 Å². The van der Waals surface area contributed by atoms with E-state index in [4.69, 9.17) is 10.4 Å². The third-order valence-electron chi connectivity index (χ3n) is 1.15. The molecular weight excluding hydrogens is 154 g/mol. The number of rotatable bonds is 0. The van der Waals surface area contributed by atoms with Gasteiger partial charge in [0.2, 0.25) is 0 Å². The van der Waals surface area contributed by atoms with Crippen molar-refractivity contribution in [3.8, 4) is 17.9 Å². The first kappa shape index (κ1) is 8.32. The molecule has 0 bridgehead atoms. The lowest BCUT2D eigenvalue weighted by atomic mass is 10.3. The van der Waals surface area contributed by atoms with Crippen molar-refractivity contribution < 1.29 is 5.11 Å². The number of nitrogens with zero attached hydrogens (tertiary/aromatic N) is 2. The second kappa shape index (κ2) is 3.56. The first-order valence-electron chi connectivity index (χ1n) is 3.37. The van der Waals surface area contributed by atoms with Crippen molar-refractivity contribution in [2.24, 2.45) is 0 Å². The SMILES string of the molecule is CC(O)C#Cc1[nH]cnc1C#N. The van der Waals surface area contributed by atoms with Gasteiger partial charge in [0.1, 0.15) is 17.9 Å². The molecule has 0 aliphatic carbocycles. The van der Waals surface area contributed by atoms with E-state index in [1.54, 1.807) is 6.92 Å². The molecule has 0 spiro atoms. The summed E-state index contributed by atoms with van der Waals surface area (Å²) in [6.07, 6.45) is 0.699. The molecule has 2 N–H and O–H groups in total. The quantitative estimate of drug-likeness (QED) is 0.526. The molecule has 0 aliphatic rings. The van der Waals surface area contributed by atoms with E-state index in [0.29, 0.717) is 5.69 Å². The Morgan fingerprint density at radius 2 is 2.50 bits per heavy atom. The summed E-state index contributed by atoms with van der Waals surface area (Å²) in [6, 6.07) is 1.87. The van der Waals surface area contributed by atoms with E-state index in [1.165, 1.54) is 6.33 Å². The third kappa shape index (κ3) is 1.85. The zero-order valence-corrected chi connectivity index (χ0v) is 6.50. The minimum Gasteiger partial charge on any atom is -0.381 e. The number of imidazole rings is 1. The van der Waals surface area contributed by atoms with Gasteiger partial charge < -0.3 is 10.1 Å². The first-order chi connectivity index (χ1) is 5.74. The molecule has 1 aromatic heterocycles. The van der Waals surface area contributed by atoms with Crippen LogP contribution < -0.4 is 0 Å². The molecule has 0 amide bonds. The highest BCUT2D eigenvalue weighted by Gasteiger charge is 1.99. The van der Waals surface area contributed by atoms with Crippen molar-refractivity contribution in [1.82, 2.24) is 9.97 Å².